The van der Waals surface area contributed by atoms with Crippen LogP contribution in [0.5, 0.6) is 0 Å². The first kappa shape index (κ1) is 22.5. The Hall–Kier alpha value is -3.66. The van der Waals surface area contributed by atoms with Crippen molar-refractivity contribution in [2.45, 2.75) is 32.3 Å². The number of nitrogens with zero attached hydrogens (tertiary/aromatic N) is 1. The van der Waals surface area contributed by atoms with E-state index in [1.54, 1.807) is 24.3 Å². The Morgan fingerprint density at radius 3 is 2.45 bits per heavy atom. The minimum absolute atomic E-state index is 0.0187. The van der Waals surface area contributed by atoms with Crippen LogP contribution in [0.2, 0.25) is 0 Å². The van der Waals surface area contributed by atoms with Crippen LogP contribution in [-0.4, -0.2) is 39.8 Å². The maximum Gasteiger partial charge on any atom is 0.534 e. The summed E-state index contributed by atoms with van der Waals surface area (Å²) < 4.78 is 5.51. The fourth-order valence-corrected chi connectivity index (χ4v) is 4.30. The molecule has 0 spiro atoms. The molecule has 33 heavy (non-hydrogen) atoms. The predicted molar refractivity (Wildman–Crippen MR) is 119 cm³/mol. The van der Waals surface area contributed by atoms with Gasteiger partial charge in [0.15, 0.2) is 11.2 Å². The van der Waals surface area contributed by atoms with Crippen molar-refractivity contribution in [1.82, 2.24) is 5.06 Å². The third kappa shape index (κ3) is 4.90. The number of anilines is 1. The summed E-state index contributed by atoms with van der Waals surface area (Å²) in [5, 5.41) is 3.16. The van der Waals surface area contributed by atoms with E-state index in [-0.39, 0.29) is 30.3 Å². The Balaban J connectivity index is 1.52. The highest BCUT2D eigenvalue weighted by Crippen LogP contribution is 2.46. The van der Waals surface area contributed by atoms with E-state index in [0.717, 1.165) is 22.9 Å². The molecule has 1 unspecified atom stereocenters. The van der Waals surface area contributed by atoms with E-state index >= 15 is 0 Å². The summed E-state index contributed by atoms with van der Waals surface area (Å²) in [5.41, 5.74) is 3.52. The molecule has 1 aliphatic heterocycles. The number of carbonyl (C=O) groups excluding carboxylic acids is 5. The standard InChI is InChI=1S/C23H20N2O7S/c1-13(26)33-11-10-19(27)24-14-6-7-16-15-4-2-3-5-17(15)22(18(16)12-14)31-23(30)32-25-20(28)8-9-21(25)29/h2-7,12,22H,8-11H2,1H3,(H,24,27). The van der Waals surface area contributed by atoms with Crippen molar-refractivity contribution in [2.75, 3.05) is 11.1 Å². The maximum atomic E-state index is 12.4. The van der Waals surface area contributed by atoms with Crippen LogP contribution >= 0.6 is 11.8 Å². The van der Waals surface area contributed by atoms with Crippen molar-refractivity contribution in [2.24, 2.45) is 0 Å². The van der Waals surface area contributed by atoms with E-state index in [4.69, 9.17) is 9.57 Å². The van der Waals surface area contributed by atoms with E-state index in [1.807, 2.05) is 18.2 Å². The lowest BCUT2D eigenvalue weighted by Gasteiger charge is -2.18. The summed E-state index contributed by atoms with van der Waals surface area (Å²) in [4.78, 5) is 64.0. The molecule has 0 aromatic heterocycles. The number of hydrogen-bond acceptors (Lipinski definition) is 8. The first-order valence-corrected chi connectivity index (χ1v) is 11.2. The van der Waals surface area contributed by atoms with Gasteiger partial charge in [-0.2, -0.15) is 0 Å². The van der Waals surface area contributed by atoms with Crippen molar-refractivity contribution in [3.8, 4) is 11.1 Å². The van der Waals surface area contributed by atoms with Crippen molar-refractivity contribution < 1.29 is 33.5 Å². The normalized spacial score (nSPS) is 16.3. The molecule has 1 heterocycles. The maximum absolute atomic E-state index is 12.4. The zero-order valence-electron chi connectivity index (χ0n) is 17.7. The molecule has 0 saturated carbocycles. The lowest BCUT2D eigenvalue weighted by atomic mass is 10.1. The highest BCUT2D eigenvalue weighted by molar-refractivity contribution is 8.13. The van der Waals surface area contributed by atoms with Gasteiger partial charge in [0.1, 0.15) is 0 Å². The third-order valence-electron chi connectivity index (χ3n) is 5.17. The Morgan fingerprint density at radius 2 is 1.73 bits per heavy atom. The minimum Gasteiger partial charge on any atom is -0.420 e. The predicted octanol–water partition coefficient (Wildman–Crippen LogP) is 3.58. The van der Waals surface area contributed by atoms with Gasteiger partial charge in [0, 0.05) is 48.8 Å². The number of benzene rings is 2. The van der Waals surface area contributed by atoms with E-state index < -0.39 is 24.1 Å². The summed E-state index contributed by atoms with van der Waals surface area (Å²) in [6, 6.07) is 12.6. The Kier molecular flexibility index (Phi) is 6.45. The number of hydroxylamine groups is 2. The van der Waals surface area contributed by atoms with Crippen LogP contribution in [0.4, 0.5) is 10.5 Å². The van der Waals surface area contributed by atoms with E-state index in [1.165, 1.54) is 6.92 Å². The van der Waals surface area contributed by atoms with Crippen LogP contribution in [0.15, 0.2) is 42.5 Å². The minimum atomic E-state index is -1.18. The Labute approximate surface area is 193 Å². The molecule has 0 bridgehead atoms. The summed E-state index contributed by atoms with van der Waals surface area (Å²) in [6.45, 7) is 1.45. The number of carbonyl (C=O) groups is 5. The van der Waals surface area contributed by atoms with Gasteiger partial charge >= 0.3 is 6.16 Å². The molecule has 2 aliphatic rings. The van der Waals surface area contributed by atoms with E-state index in [2.05, 4.69) is 5.32 Å². The molecule has 4 rings (SSSR count). The first-order valence-electron chi connectivity index (χ1n) is 10.2. The summed E-state index contributed by atoms with van der Waals surface area (Å²) in [6.07, 6.45) is -1.89. The van der Waals surface area contributed by atoms with Crippen molar-refractivity contribution in [1.29, 1.82) is 0 Å². The van der Waals surface area contributed by atoms with E-state index in [0.29, 0.717) is 27.6 Å². The van der Waals surface area contributed by atoms with E-state index in [9.17, 15) is 24.0 Å². The average molecular weight is 468 g/mol. The second-order valence-corrected chi connectivity index (χ2v) is 8.72. The van der Waals surface area contributed by atoms with Crippen molar-refractivity contribution in [3.63, 3.8) is 0 Å². The summed E-state index contributed by atoms with van der Waals surface area (Å²) in [7, 11) is 0. The SMILES string of the molecule is CC(=O)SCCC(=O)Nc1ccc2c(c1)C(OC(=O)ON1C(=O)CCC1=O)c1ccccc1-2. The van der Waals surface area contributed by atoms with Crippen LogP contribution in [0.25, 0.3) is 11.1 Å². The summed E-state index contributed by atoms with van der Waals surface area (Å²) >= 11 is 1.08. The van der Waals surface area contributed by atoms with Crippen LogP contribution in [-0.2, 0) is 28.8 Å². The molecule has 1 aliphatic carbocycles. The van der Waals surface area contributed by atoms with Gasteiger partial charge < -0.3 is 10.1 Å². The zero-order valence-corrected chi connectivity index (χ0v) is 18.5. The van der Waals surface area contributed by atoms with Gasteiger partial charge in [0.05, 0.1) is 0 Å². The fraction of sp³-hybridized carbons (Fsp3) is 0.261. The lowest BCUT2D eigenvalue weighted by molar-refractivity contribution is -0.178. The fourth-order valence-electron chi connectivity index (χ4n) is 3.73. The van der Waals surface area contributed by atoms with Gasteiger partial charge in [-0.1, -0.05) is 47.2 Å². The second-order valence-electron chi connectivity index (χ2n) is 7.45. The van der Waals surface area contributed by atoms with Gasteiger partial charge in [-0.15, -0.1) is 0 Å². The smallest absolute Gasteiger partial charge is 0.420 e. The molecule has 10 heteroatoms. The first-order chi connectivity index (χ1) is 15.8. The average Bonchev–Trinajstić information content (AvgIpc) is 3.25. The number of rotatable bonds is 6. The zero-order chi connectivity index (χ0) is 23.5. The van der Waals surface area contributed by atoms with Gasteiger partial charge in [-0.3, -0.25) is 24.0 Å². The second kappa shape index (κ2) is 9.45. The molecule has 3 amide bonds. The van der Waals surface area contributed by atoms with Crippen molar-refractivity contribution in [3.05, 3.63) is 53.6 Å². The molecule has 1 saturated heterocycles. The molecule has 1 fully saturated rings. The molecular formula is C23H20N2O7S. The molecule has 170 valence electrons. The number of imide groups is 1. The molecule has 1 atom stereocenters. The topological polar surface area (TPSA) is 119 Å². The van der Waals surface area contributed by atoms with Crippen molar-refractivity contribution >= 4 is 46.4 Å². The van der Waals surface area contributed by atoms with Gasteiger partial charge in [0.25, 0.3) is 11.8 Å². The van der Waals surface area contributed by atoms with Gasteiger partial charge in [0.2, 0.25) is 5.91 Å². The number of hydrogen-bond donors (Lipinski definition) is 1. The Bertz CT molecular complexity index is 1150. The highest BCUT2D eigenvalue weighted by Gasteiger charge is 2.36. The lowest BCUT2D eigenvalue weighted by Crippen LogP contribution is -2.32. The van der Waals surface area contributed by atoms with Gasteiger partial charge in [-0.25, -0.2) is 4.79 Å². The molecule has 1 N–H and O–H groups in total. The van der Waals surface area contributed by atoms with Crippen LogP contribution in [0.1, 0.15) is 43.4 Å². The molecule has 2 aromatic carbocycles. The number of fused-ring (bicyclic) bond motifs is 3. The number of thioether (sulfide) groups is 1. The largest absolute Gasteiger partial charge is 0.534 e. The Morgan fingerprint density at radius 1 is 1.03 bits per heavy atom. The highest BCUT2D eigenvalue weighted by atomic mass is 32.2. The quantitative estimate of drug-likeness (QED) is 0.505. The molecular weight excluding hydrogens is 448 g/mol. The summed E-state index contributed by atoms with van der Waals surface area (Å²) in [5.74, 6) is -1.07. The third-order valence-corrected chi connectivity index (χ3v) is 5.99. The number of ether oxygens (including phenoxy) is 1. The molecule has 9 nitrogen and oxygen atoms in total. The number of amides is 3. The van der Waals surface area contributed by atoms with Gasteiger partial charge in [-0.05, 0) is 23.3 Å². The molecule has 0 radical (unpaired) electrons. The monoisotopic (exact) mass is 468 g/mol. The van der Waals surface area contributed by atoms with Crippen LogP contribution < -0.4 is 5.32 Å². The van der Waals surface area contributed by atoms with Crippen LogP contribution in [0, 0.1) is 0 Å². The molecule has 2 aromatic rings. The number of nitrogens with one attached hydrogen (secondary N) is 1. The van der Waals surface area contributed by atoms with Crippen LogP contribution in [0.3, 0.4) is 0 Å².